The van der Waals surface area contributed by atoms with Crippen molar-refractivity contribution in [1.82, 2.24) is 15.0 Å². The van der Waals surface area contributed by atoms with Crippen LogP contribution in [-0.4, -0.2) is 15.0 Å². The number of nitrogens with zero attached hydrogens (tertiary/aromatic N) is 3. The molecule has 0 saturated carbocycles. The quantitative estimate of drug-likeness (QED) is 0.752. The van der Waals surface area contributed by atoms with Gasteiger partial charge in [0.25, 0.3) is 0 Å². The number of hydrogen-bond donors (Lipinski definition) is 0. The van der Waals surface area contributed by atoms with E-state index in [1.54, 1.807) is 0 Å². The molecule has 0 bridgehead atoms. The molecule has 0 radical (unpaired) electrons. The predicted octanol–water partition coefficient (Wildman–Crippen LogP) is 3.74. The van der Waals surface area contributed by atoms with Gasteiger partial charge < -0.3 is 0 Å². The first-order valence-corrected chi connectivity index (χ1v) is 6.30. The van der Waals surface area contributed by atoms with Crippen LogP contribution in [0.25, 0.3) is 10.7 Å². The van der Waals surface area contributed by atoms with Crippen LogP contribution in [0, 0.1) is 6.92 Å². The third-order valence-corrected chi connectivity index (χ3v) is 3.33. The molecule has 0 aliphatic rings. The largest absolute Gasteiger partial charge is 0.250 e. The molecule has 7 heteroatoms. The molecule has 0 spiro atoms. The van der Waals surface area contributed by atoms with Crippen LogP contribution < -0.4 is 0 Å². The smallest absolute Gasteiger partial charge is 0.217 e. The zero-order valence-electron chi connectivity index (χ0n) is 8.12. The maximum Gasteiger partial charge on any atom is 0.250 e. The number of aryl methyl sites for hydroxylation is 1. The normalized spacial score (nSPS) is 11.8. The average Bonchev–Trinajstić information content (AvgIpc) is 2.64. The zero-order chi connectivity index (χ0) is 11.8. The molecule has 16 heavy (non-hydrogen) atoms. The number of thiophene rings is 1. The lowest BCUT2D eigenvalue weighted by Gasteiger charge is -2.08. The van der Waals surface area contributed by atoms with Gasteiger partial charge in [-0.15, -0.1) is 11.3 Å². The monoisotopic (exact) mass is 293 g/mol. The van der Waals surface area contributed by atoms with Gasteiger partial charge in [-0.1, -0.05) is 34.8 Å². The minimum Gasteiger partial charge on any atom is -0.217 e. The molecule has 0 unspecified atom stereocenters. The van der Waals surface area contributed by atoms with Gasteiger partial charge >= 0.3 is 0 Å². The van der Waals surface area contributed by atoms with E-state index in [1.165, 1.54) is 17.7 Å². The van der Waals surface area contributed by atoms with Gasteiger partial charge in [0.05, 0.1) is 4.88 Å². The Morgan fingerprint density at radius 3 is 2.56 bits per heavy atom. The van der Waals surface area contributed by atoms with E-state index >= 15 is 0 Å². The number of aromatic nitrogens is 3. The fraction of sp³-hybridized carbons (Fsp3) is 0.222. The maximum atomic E-state index is 5.70. The number of hydrogen-bond acceptors (Lipinski definition) is 4. The third kappa shape index (κ3) is 2.63. The Morgan fingerprint density at radius 1 is 1.25 bits per heavy atom. The topological polar surface area (TPSA) is 38.7 Å². The number of alkyl halides is 3. The Labute approximate surface area is 111 Å². The summed E-state index contributed by atoms with van der Waals surface area (Å²) in [6.07, 6.45) is 1.34. The van der Waals surface area contributed by atoms with E-state index in [9.17, 15) is 0 Å². The van der Waals surface area contributed by atoms with Gasteiger partial charge in [-0.05, 0) is 23.9 Å². The molecule has 0 atom stereocenters. The van der Waals surface area contributed by atoms with Gasteiger partial charge in [-0.2, -0.15) is 0 Å². The SMILES string of the molecule is Cc1csc(-c2ncnc(C(Cl)(Cl)Cl)n2)c1. The molecule has 2 heterocycles. The minimum absolute atomic E-state index is 0.133. The molecule has 84 valence electrons. The second-order valence-corrected chi connectivity index (χ2v) is 6.31. The van der Waals surface area contributed by atoms with Gasteiger partial charge in [0, 0.05) is 0 Å². The highest BCUT2D eigenvalue weighted by Gasteiger charge is 2.27. The predicted molar refractivity (Wildman–Crippen MR) is 67.1 cm³/mol. The lowest BCUT2D eigenvalue weighted by atomic mass is 10.3. The summed E-state index contributed by atoms with van der Waals surface area (Å²) in [5, 5.41) is 2.01. The minimum atomic E-state index is -1.62. The van der Waals surface area contributed by atoms with Crippen molar-refractivity contribution >= 4 is 46.1 Å². The Bertz CT molecular complexity index is 507. The van der Waals surface area contributed by atoms with Crippen LogP contribution in [-0.2, 0) is 3.79 Å². The Hall–Kier alpha value is -0.420. The van der Waals surface area contributed by atoms with Gasteiger partial charge in [0.15, 0.2) is 11.6 Å². The molecule has 0 aliphatic carbocycles. The summed E-state index contributed by atoms with van der Waals surface area (Å²) in [6, 6.07) is 1.97. The molecule has 0 fully saturated rings. The lowest BCUT2D eigenvalue weighted by Crippen LogP contribution is -2.08. The fourth-order valence-electron chi connectivity index (χ4n) is 1.10. The number of rotatable bonds is 1. The molecular formula is C9H6Cl3N3S. The van der Waals surface area contributed by atoms with E-state index in [1.807, 2.05) is 18.4 Å². The molecule has 0 aliphatic heterocycles. The summed E-state index contributed by atoms with van der Waals surface area (Å²) < 4.78 is -1.62. The van der Waals surface area contributed by atoms with Crippen molar-refractivity contribution in [1.29, 1.82) is 0 Å². The number of halogens is 3. The van der Waals surface area contributed by atoms with Crippen molar-refractivity contribution < 1.29 is 0 Å². The highest BCUT2D eigenvalue weighted by molar-refractivity contribution is 7.13. The van der Waals surface area contributed by atoms with Crippen LogP contribution in [0.3, 0.4) is 0 Å². The van der Waals surface area contributed by atoms with E-state index in [0.29, 0.717) is 5.82 Å². The van der Waals surface area contributed by atoms with E-state index in [2.05, 4.69) is 15.0 Å². The third-order valence-electron chi connectivity index (χ3n) is 1.78. The second-order valence-electron chi connectivity index (χ2n) is 3.12. The lowest BCUT2D eigenvalue weighted by molar-refractivity contribution is 0.926. The summed E-state index contributed by atoms with van der Waals surface area (Å²) in [4.78, 5) is 12.9. The fourth-order valence-corrected chi connectivity index (χ4v) is 2.21. The van der Waals surface area contributed by atoms with Crippen LogP contribution in [0.5, 0.6) is 0 Å². The second kappa shape index (κ2) is 4.45. The van der Waals surface area contributed by atoms with Gasteiger partial charge in [-0.25, -0.2) is 15.0 Å². The summed E-state index contributed by atoms with van der Waals surface area (Å²) in [6.45, 7) is 2.00. The van der Waals surface area contributed by atoms with Crippen molar-refractivity contribution in [2.24, 2.45) is 0 Å². The summed E-state index contributed by atoms with van der Waals surface area (Å²) in [5.74, 6) is 0.656. The van der Waals surface area contributed by atoms with Crippen LogP contribution in [0.2, 0.25) is 0 Å². The zero-order valence-corrected chi connectivity index (χ0v) is 11.2. The molecule has 0 amide bonds. The van der Waals surface area contributed by atoms with Crippen LogP contribution in [0.1, 0.15) is 11.4 Å². The first kappa shape index (κ1) is 12.0. The Balaban J connectivity index is 2.44. The Morgan fingerprint density at radius 2 is 2.00 bits per heavy atom. The molecule has 2 rings (SSSR count). The molecular weight excluding hydrogens is 289 g/mol. The van der Waals surface area contributed by atoms with Crippen molar-refractivity contribution in [2.45, 2.75) is 10.7 Å². The first-order chi connectivity index (χ1) is 7.47. The van der Waals surface area contributed by atoms with E-state index < -0.39 is 3.79 Å². The average molecular weight is 295 g/mol. The van der Waals surface area contributed by atoms with Crippen molar-refractivity contribution in [3.8, 4) is 10.7 Å². The highest BCUT2D eigenvalue weighted by atomic mass is 35.6. The molecule has 3 nitrogen and oxygen atoms in total. The first-order valence-electron chi connectivity index (χ1n) is 4.28. The van der Waals surface area contributed by atoms with Crippen molar-refractivity contribution in [3.05, 3.63) is 29.2 Å². The van der Waals surface area contributed by atoms with Gasteiger partial charge in [0.1, 0.15) is 6.33 Å². The summed E-state index contributed by atoms with van der Waals surface area (Å²) in [5.41, 5.74) is 1.15. The van der Waals surface area contributed by atoms with Crippen molar-refractivity contribution in [2.75, 3.05) is 0 Å². The highest BCUT2D eigenvalue weighted by Crippen LogP contribution is 2.36. The molecule has 0 N–H and O–H groups in total. The summed E-state index contributed by atoms with van der Waals surface area (Å²) in [7, 11) is 0. The van der Waals surface area contributed by atoms with Gasteiger partial charge in [0.2, 0.25) is 3.79 Å². The molecule has 0 aromatic carbocycles. The van der Waals surface area contributed by atoms with Crippen LogP contribution >= 0.6 is 46.1 Å². The summed E-state index contributed by atoms with van der Waals surface area (Å²) >= 11 is 18.7. The van der Waals surface area contributed by atoms with Crippen LogP contribution in [0.15, 0.2) is 17.8 Å². The standard InChI is InChI=1S/C9H6Cl3N3S/c1-5-2-6(16-3-5)7-13-4-14-8(15-7)9(10,11)12/h2-4H,1H3. The maximum absolute atomic E-state index is 5.70. The molecule has 2 aromatic rings. The van der Waals surface area contributed by atoms with E-state index in [-0.39, 0.29) is 5.82 Å². The molecule has 2 aromatic heterocycles. The van der Waals surface area contributed by atoms with E-state index in [0.717, 1.165) is 10.4 Å². The van der Waals surface area contributed by atoms with Crippen LogP contribution in [0.4, 0.5) is 0 Å². The van der Waals surface area contributed by atoms with E-state index in [4.69, 9.17) is 34.8 Å². The molecule has 0 saturated heterocycles. The van der Waals surface area contributed by atoms with Crippen molar-refractivity contribution in [3.63, 3.8) is 0 Å². The van der Waals surface area contributed by atoms with Gasteiger partial charge in [-0.3, -0.25) is 0 Å². The Kier molecular flexibility index (Phi) is 3.35.